The first-order chi connectivity index (χ1) is 5.70. The molecule has 0 amide bonds. The molecule has 0 atom stereocenters. The fourth-order valence-electron chi connectivity index (χ4n) is 0.862. The third kappa shape index (κ3) is 1.58. The molecular formula is C7H6Cl2N2O. The van der Waals surface area contributed by atoms with E-state index in [4.69, 9.17) is 28.9 Å². The van der Waals surface area contributed by atoms with Gasteiger partial charge in [0.25, 0.3) is 0 Å². The van der Waals surface area contributed by atoms with Crippen molar-refractivity contribution in [2.75, 3.05) is 0 Å². The maximum atomic E-state index is 10.2. The Labute approximate surface area is 79.4 Å². The first kappa shape index (κ1) is 9.45. The minimum atomic E-state index is 0.153. The van der Waals surface area contributed by atoms with Crippen LogP contribution in [-0.2, 0) is 6.54 Å². The van der Waals surface area contributed by atoms with Crippen molar-refractivity contribution < 1.29 is 0 Å². The summed E-state index contributed by atoms with van der Waals surface area (Å²) in [6.07, 6.45) is 0. The van der Waals surface area contributed by atoms with Gasteiger partial charge in [-0.3, -0.25) is 0 Å². The van der Waals surface area contributed by atoms with Crippen molar-refractivity contribution in [2.24, 2.45) is 10.9 Å². The van der Waals surface area contributed by atoms with Crippen molar-refractivity contribution in [3.63, 3.8) is 0 Å². The Hall–Kier alpha value is -0.640. The number of hydrogen-bond donors (Lipinski definition) is 1. The van der Waals surface area contributed by atoms with Crippen molar-refractivity contribution in [1.82, 2.24) is 0 Å². The van der Waals surface area contributed by atoms with Gasteiger partial charge in [0, 0.05) is 12.1 Å². The molecule has 5 heteroatoms. The molecule has 0 heterocycles. The van der Waals surface area contributed by atoms with E-state index in [0.29, 0.717) is 15.6 Å². The second kappa shape index (κ2) is 3.85. The van der Waals surface area contributed by atoms with E-state index >= 15 is 0 Å². The molecule has 3 nitrogen and oxygen atoms in total. The molecule has 64 valence electrons. The Morgan fingerprint density at radius 3 is 2.58 bits per heavy atom. The van der Waals surface area contributed by atoms with Crippen LogP contribution < -0.4 is 5.73 Å². The van der Waals surface area contributed by atoms with Gasteiger partial charge in [-0.1, -0.05) is 23.2 Å². The quantitative estimate of drug-likeness (QED) is 0.754. The molecule has 0 radical (unpaired) electrons. The average molecular weight is 205 g/mol. The largest absolute Gasteiger partial charge is 0.326 e. The van der Waals surface area contributed by atoms with Gasteiger partial charge in [-0.05, 0) is 17.3 Å². The number of rotatable bonds is 2. The van der Waals surface area contributed by atoms with E-state index < -0.39 is 0 Å². The van der Waals surface area contributed by atoms with Gasteiger partial charge in [0.15, 0.2) is 0 Å². The van der Waals surface area contributed by atoms with E-state index in [2.05, 4.69) is 5.18 Å². The SMILES string of the molecule is NCc1c(N=O)ccc(Cl)c1Cl. The lowest BCUT2D eigenvalue weighted by atomic mass is 10.2. The smallest absolute Gasteiger partial charge is 0.114 e. The predicted octanol–water partition coefficient (Wildman–Crippen LogP) is 2.85. The van der Waals surface area contributed by atoms with E-state index in [9.17, 15) is 4.91 Å². The number of hydrogen-bond acceptors (Lipinski definition) is 3. The van der Waals surface area contributed by atoms with Gasteiger partial charge >= 0.3 is 0 Å². The van der Waals surface area contributed by atoms with Gasteiger partial charge < -0.3 is 5.73 Å². The van der Waals surface area contributed by atoms with E-state index in [1.807, 2.05) is 0 Å². The zero-order valence-electron chi connectivity index (χ0n) is 6.05. The van der Waals surface area contributed by atoms with Crippen LogP contribution in [0.1, 0.15) is 5.56 Å². The van der Waals surface area contributed by atoms with E-state index in [1.165, 1.54) is 12.1 Å². The van der Waals surface area contributed by atoms with Crippen LogP contribution in [0.3, 0.4) is 0 Å². The standard InChI is InChI=1S/C7H6Cl2N2O/c8-5-1-2-6(11-12)4(3-10)7(5)9/h1-2H,3,10H2. The monoisotopic (exact) mass is 204 g/mol. The van der Waals surface area contributed by atoms with Crippen molar-refractivity contribution in [1.29, 1.82) is 0 Å². The number of nitrogens with two attached hydrogens (primary N) is 1. The van der Waals surface area contributed by atoms with Crippen molar-refractivity contribution in [3.05, 3.63) is 32.6 Å². The van der Waals surface area contributed by atoms with Gasteiger partial charge in [-0.25, -0.2) is 0 Å². The van der Waals surface area contributed by atoms with Crippen molar-refractivity contribution in [3.8, 4) is 0 Å². The van der Waals surface area contributed by atoms with Crippen LogP contribution in [-0.4, -0.2) is 0 Å². The highest BCUT2D eigenvalue weighted by Crippen LogP contribution is 2.32. The second-order valence-corrected chi connectivity index (χ2v) is 2.94. The summed E-state index contributed by atoms with van der Waals surface area (Å²) in [6.45, 7) is 0.153. The molecule has 0 fully saturated rings. The molecule has 0 aliphatic rings. The fourth-order valence-corrected chi connectivity index (χ4v) is 1.28. The molecule has 0 aromatic heterocycles. The Balaban J connectivity index is 3.35. The van der Waals surface area contributed by atoms with Crippen LogP contribution in [0.25, 0.3) is 0 Å². The van der Waals surface area contributed by atoms with Gasteiger partial charge in [-0.2, -0.15) is 0 Å². The third-order valence-corrected chi connectivity index (χ3v) is 2.32. The highest BCUT2D eigenvalue weighted by Gasteiger charge is 2.08. The fraction of sp³-hybridized carbons (Fsp3) is 0.143. The summed E-state index contributed by atoms with van der Waals surface area (Å²) in [5, 5.41) is 3.45. The minimum Gasteiger partial charge on any atom is -0.326 e. The summed E-state index contributed by atoms with van der Waals surface area (Å²) in [5.41, 5.74) is 6.08. The topological polar surface area (TPSA) is 55.4 Å². The van der Waals surface area contributed by atoms with E-state index in [0.717, 1.165) is 0 Å². The second-order valence-electron chi connectivity index (χ2n) is 2.15. The predicted molar refractivity (Wildman–Crippen MR) is 49.8 cm³/mol. The first-order valence-electron chi connectivity index (χ1n) is 3.21. The summed E-state index contributed by atoms with van der Waals surface area (Å²) in [5.74, 6) is 0. The van der Waals surface area contributed by atoms with Crippen LogP contribution in [0.5, 0.6) is 0 Å². The molecule has 1 rings (SSSR count). The third-order valence-electron chi connectivity index (χ3n) is 1.47. The van der Waals surface area contributed by atoms with Gasteiger partial charge in [0.1, 0.15) is 5.69 Å². The molecule has 1 aromatic rings. The Bertz CT molecular complexity index is 315. The Morgan fingerprint density at radius 1 is 1.42 bits per heavy atom. The van der Waals surface area contributed by atoms with Gasteiger partial charge in [0.05, 0.1) is 10.0 Å². The van der Waals surface area contributed by atoms with Crippen molar-refractivity contribution in [2.45, 2.75) is 6.54 Å². The van der Waals surface area contributed by atoms with Crippen LogP contribution in [0.2, 0.25) is 10.0 Å². The zero-order chi connectivity index (χ0) is 9.14. The lowest BCUT2D eigenvalue weighted by molar-refractivity contribution is 1.07. The summed E-state index contributed by atoms with van der Waals surface area (Å²) in [4.78, 5) is 10.2. The summed E-state index contributed by atoms with van der Waals surface area (Å²) < 4.78 is 0. The summed E-state index contributed by atoms with van der Waals surface area (Å²) in [7, 11) is 0. The van der Waals surface area contributed by atoms with Crippen LogP contribution in [0.15, 0.2) is 17.3 Å². The number of benzene rings is 1. The molecule has 0 bridgehead atoms. The number of halogens is 2. The first-order valence-corrected chi connectivity index (χ1v) is 3.96. The lowest BCUT2D eigenvalue weighted by Crippen LogP contribution is -1.97. The summed E-state index contributed by atoms with van der Waals surface area (Å²) in [6, 6.07) is 3.00. The molecule has 0 aliphatic heterocycles. The van der Waals surface area contributed by atoms with Crippen molar-refractivity contribution >= 4 is 28.9 Å². The maximum Gasteiger partial charge on any atom is 0.114 e. The average Bonchev–Trinajstić information content (AvgIpc) is 2.09. The van der Waals surface area contributed by atoms with Gasteiger partial charge in [0.2, 0.25) is 0 Å². The maximum absolute atomic E-state index is 10.2. The highest BCUT2D eigenvalue weighted by atomic mass is 35.5. The highest BCUT2D eigenvalue weighted by molar-refractivity contribution is 6.42. The molecule has 1 aromatic carbocycles. The summed E-state index contributed by atoms with van der Waals surface area (Å²) >= 11 is 11.5. The van der Waals surface area contributed by atoms with Crippen LogP contribution >= 0.6 is 23.2 Å². The molecule has 0 aliphatic carbocycles. The van der Waals surface area contributed by atoms with E-state index in [-0.39, 0.29) is 12.2 Å². The number of nitroso groups, excluding NO2 is 1. The molecule has 0 saturated heterocycles. The van der Waals surface area contributed by atoms with Gasteiger partial charge in [-0.15, -0.1) is 4.91 Å². The van der Waals surface area contributed by atoms with E-state index in [1.54, 1.807) is 0 Å². The van der Waals surface area contributed by atoms with Crippen LogP contribution in [0, 0.1) is 4.91 Å². The molecule has 0 unspecified atom stereocenters. The minimum absolute atomic E-state index is 0.153. The zero-order valence-corrected chi connectivity index (χ0v) is 7.56. The lowest BCUT2D eigenvalue weighted by Gasteiger charge is -2.03. The number of nitrogens with zero attached hydrogens (tertiary/aromatic N) is 1. The molecule has 0 spiro atoms. The molecule has 0 saturated carbocycles. The Kier molecular flexibility index (Phi) is 3.03. The molecule has 12 heavy (non-hydrogen) atoms. The molecular weight excluding hydrogens is 199 g/mol. The molecule has 2 N–H and O–H groups in total. The van der Waals surface area contributed by atoms with Crippen LogP contribution in [0.4, 0.5) is 5.69 Å². The normalized spacial score (nSPS) is 9.92. The Morgan fingerprint density at radius 2 is 2.08 bits per heavy atom.